The number of esters is 1. The summed E-state index contributed by atoms with van der Waals surface area (Å²) in [5.41, 5.74) is 2.02. The summed E-state index contributed by atoms with van der Waals surface area (Å²) in [6, 6.07) is 0.0915. The zero-order chi connectivity index (χ0) is 14.8. The maximum absolute atomic E-state index is 11.9. The fourth-order valence-electron chi connectivity index (χ4n) is 2.58. The number of thiazole rings is 1. The lowest BCUT2D eigenvalue weighted by Crippen LogP contribution is -2.21. The van der Waals surface area contributed by atoms with Crippen LogP contribution in [-0.4, -0.2) is 39.6 Å². The predicted octanol–water partition coefficient (Wildman–Crippen LogP) is 1.30. The number of ether oxygens (including phenoxy) is 1. The Kier molecular flexibility index (Phi) is 3.98. The molecular weight excluding hydrogens is 290 g/mol. The highest BCUT2D eigenvalue weighted by Gasteiger charge is 2.29. The third kappa shape index (κ3) is 2.81. The van der Waals surface area contributed by atoms with Gasteiger partial charge in [0.05, 0.1) is 36.1 Å². The summed E-state index contributed by atoms with van der Waals surface area (Å²) in [5.74, 6) is -0.445. The summed E-state index contributed by atoms with van der Waals surface area (Å²) in [6.07, 6.45) is 2.04. The molecule has 2 aromatic rings. The van der Waals surface area contributed by atoms with E-state index < -0.39 is 5.97 Å². The smallest absolute Gasteiger partial charge is 0.360 e. The van der Waals surface area contributed by atoms with Crippen LogP contribution < -0.4 is 5.32 Å². The van der Waals surface area contributed by atoms with Crippen LogP contribution >= 0.6 is 11.3 Å². The van der Waals surface area contributed by atoms with E-state index in [2.05, 4.69) is 20.6 Å². The molecule has 1 N–H and O–H groups in total. The van der Waals surface area contributed by atoms with Gasteiger partial charge in [0.2, 0.25) is 0 Å². The quantitative estimate of drug-likeness (QED) is 0.858. The first kappa shape index (κ1) is 14.2. The highest BCUT2D eigenvalue weighted by Crippen LogP contribution is 2.26. The molecule has 0 spiro atoms. The first-order valence-corrected chi connectivity index (χ1v) is 7.73. The number of aryl methyl sites for hydroxylation is 1. The fraction of sp³-hybridized carbons (Fsp3) is 0.538. The molecule has 7 nitrogen and oxygen atoms in total. The van der Waals surface area contributed by atoms with Crippen LogP contribution in [0.25, 0.3) is 0 Å². The highest BCUT2D eigenvalue weighted by molar-refractivity contribution is 7.09. The van der Waals surface area contributed by atoms with Crippen molar-refractivity contribution in [2.24, 2.45) is 0 Å². The van der Waals surface area contributed by atoms with Crippen molar-refractivity contribution in [2.45, 2.75) is 32.4 Å². The van der Waals surface area contributed by atoms with Gasteiger partial charge in [0.1, 0.15) is 0 Å². The van der Waals surface area contributed by atoms with E-state index in [9.17, 15) is 4.79 Å². The predicted molar refractivity (Wildman–Crippen MR) is 77.3 cm³/mol. The molecule has 21 heavy (non-hydrogen) atoms. The van der Waals surface area contributed by atoms with Crippen LogP contribution in [-0.2, 0) is 11.3 Å². The minimum absolute atomic E-state index is 0.0915. The molecule has 0 amide bonds. The van der Waals surface area contributed by atoms with Gasteiger partial charge in [0.15, 0.2) is 5.69 Å². The molecule has 0 radical (unpaired) electrons. The Morgan fingerprint density at radius 2 is 2.48 bits per heavy atom. The van der Waals surface area contributed by atoms with E-state index in [0.717, 1.165) is 35.8 Å². The number of methoxy groups -OCH3 is 1. The van der Waals surface area contributed by atoms with Crippen molar-refractivity contribution in [1.82, 2.24) is 25.3 Å². The van der Waals surface area contributed by atoms with Gasteiger partial charge in [-0.2, -0.15) is 0 Å². The molecule has 3 rings (SSSR count). The largest absolute Gasteiger partial charge is 0.464 e. The third-order valence-corrected chi connectivity index (χ3v) is 4.34. The van der Waals surface area contributed by atoms with Crippen LogP contribution in [0.3, 0.4) is 0 Å². The van der Waals surface area contributed by atoms with Gasteiger partial charge in [-0.15, -0.1) is 16.4 Å². The van der Waals surface area contributed by atoms with Crippen molar-refractivity contribution >= 4 is 17.3 Å². The van der Waals surface area contributed by atoms with Crippen LogP contribution in [0.15, 0.2) is 5.38 Å². The van der Waals surface area contributed by atoms with Crippen molar-refractivity contribution in [3.8, 4) is 0 Å². The Hall–Kier alpha value is -1.80. The number of carbonyl (C=O) groups is 1. The number of aromatic nitrogens is 4. The number of hydrogen-bond donors (Lipinski definition) is 1. The zero-order valence-corrected chi connectivity index (χ0v) is 12.8. The van der Waals surface area contributed by atoms with Crippen LogP contribution in [0, 0.1) is 6.92 Å². The number of rotatable bonds is 4. The van der Waals surface area contributed by atoms with Gasteiger partial charge in [-0.3, -0.25) is 0 Å². The van der Waals surface area contributed by atoms with Crippen molar-refractivity contribution in [3.63, 3.8) is 0 Å². The van der Waals surface area contributed by atoms with E-state index in [0.29, 0.717) is 12.2 Å². The number of nitrogens with one attached hydrogen (secondary N) is 1. The Labute approximate surface area is 126 Å². The van der Waals surface area contributed by atoms with Gasteiger partial charge >= 0.3 is 5.97 Å². The minimum atomic E-state index is -0.445. The summed E-state index contributed by atoms with van der Waals surface area (Å²) in [5, 5.41) is 14.5. The van der Waals surface area contributed by atoms with Crippen molar-refractivity contribution in [1.29, 1.82) is 0 Å². The number of hydrogen-bond acceptors (Lipinski definition) is 7. The standard InChI is InChI=1S/C13H17N5O2S/c1-8-15-9(7-21-8)6-18-12(10-4-3-5-14-10)11(16-17-18)13(19)20-2/h7,10,14H,3-6H2,1-2H3. The molecule has 1 aliphatic rings. The van der Waals surface area contributed by atoms with Gasteiger partial charge in [-0.05, 0) is 26.3 Å². The first-order chi connectivity index (χ1) is 10.2. The van der Waals surface area contributed by atoms with Gasteiger partial charge in [-0.1, -0.05) is 5.21 Å². The SMILES string of the molecule is COC(=O)c1nnn(Cc2csc(C)n2)c1C1CCCN1. The second-order valence-electron chi connectivity index (χ2n) is 4.98. The molecule has 1 aliphatic heterocycles. The number of nitrogens with zero attached hydrogens (tertiary/aromatic N) is 4. The second kappa shape index (κ2) is 5.90. The van der Waals surface area contributed by atoms with Crippen LogP contribution in [0.2, 0.25) is 0 Å². The summed E-state index contributed by atoms with van der Waals surface area (Å²) < 4.78 is 6.56. The monoisotopic (exact) mass is 307 g/mol. The maximum Gasteiger partial charge on any atom is 0.360 e. The first-order valence-electron chi connectivity index (χ1n) is 6.85. The normalized spacial score (nSPS) is 18.1. The van der Waals surface area contributed by atoms with E-state index >= 15 is 0 Å². The van der Waals surface area contributed by atoms with Crippen molar-refractivity contribution < 1.29 is 9.53 Å². The molecule has 1 atom stereocenters. The summed E-state index contributed by atoms with van der Waals surface area (Å²) in [7, 11) is 1.36. The Bertz CT molecular complexity index is 645. The molecule has 8 heteroatoms. The Balaban J connectivity index is 1.95. The molecule has 1 saturated heterocycles. The van der Waals surface area contributed by atoms with Gasteiger partial charge in [0, 0.05) is 5.38 Å². The van der Waals surface area contributed by atoms with Crippen LogP contribution in [0.1, 0.15) is 45.8 Å². The zero-order valence-electron chi connectivity index (χ0n) is 12.0. The molecule has 2 aromatic heterocycles. The topological polar surface area (TPSA) is 81.9 Å². The molecule has 3 heterocycles. The second-order valence-corrected chi connectivity index (χ2v) is 6.04. The van der Waals surface area contributed by atoms with E-state index in [-0.39, 0.29) is 6.04 Å². The summed E-state index contributed by atoms with van der Waals surface area (Å²) in [6.45, 7) is 3.42. The lowest BCUT2D eigenvalue weighted by atomic mass is 10.1. The number of carbonyl (C=O) groups excluding carboxylic acids is 1. The van der Waals surface area contributed by atoms with E-state index in [1.54, 1.807) is 16.0 Å². The van der Waals surface area contributed by atoms with Gasteiger partial charge < -0.3 is 10.1 Å². The van der Waals surface area contributed by atoms with Crippen molar-refractivity contribution in [2.75, 3.05) is 13.7 Å². The lowest BCUT2D eigenvalue weighted by molar-refractivity contribution is 0.0591. The fourth-order valence-corrected chi connectivity index (χ4v) is 3.18. The molecular formula is C13H17N5O2S. The average Bonchev–Trinajstić information content (AvgIpc) is 3.19. The highest BCUT2D eigenvalue weighted by atomic mass is 32.1. The van der Waals surface area contributed by atoms with Gasteiger partial charge in [-0.25, -0.2) is 14.5 Å². The molecule has 0 aliphatic carbocycles. The molecule has 0 saturated carbocycles. The maximum atomic E-state index is 11.9. The van der Waals surface area contributed by atoms with Gasteiger partial charge in [0.25, 0.3) is 0 Å². The van der Waals surface area contributed by atoms with Crippen LogP contribution in [0.4, 0.5) is 0 Å². The summed E-state index contributed by atoms with van der Waals surface area (Å²) >= 11 is 1.60. The minimum Gasteiger partial charge on any atom is -0.464 e. The Morgan fingerprint density at radius 1 is 1.62 bits per heavy atom. The van der Waals surface area contributed by atoms with E-state index in [1.807, 2.05) is 12.3 Å². The van der Waals surface area contributed by atoms with E-state index in [4.69, 9.17) is 4.74 Å². The Morgan fingerprint density at radius 3 is 3.10 bits per heavy atom. The molecule has 0 aromatic carbocycles. The molecule has 1 fully saturated rings. The molecule has 0 bridgehead atoms. The van der Waals surface area contributed by atoms with Crippen LogP contribution in [0.5, 0.6) is 0 Å². The third-order valence-electron chi connectivity index (χ3n) is 3.52. The molecule has 1 unspecified atom stereocenters. The molecule has 112 valence electrons. The lowest BCUT2D eigenvalue weighted by Gasteiger charge is -2.13. The average molecular weight is 307 g/mol. The van der Waals surface area contributed by atoms with Crippen molar-refractivity contribution in [3.05, 3.63) is 27.5 Å². The summed E-state index contributed by atoms with van der Waals surface area (Å²) in [4.78, 5) is 16.3. The van der Waals surface area contributed by atoms with E-state index in [1.165, 1.54) is 7.11 Å².